The normalized spacial score (nSPS) is 32.4. The van der Waals surface area contributed by atoms with Gasteiger partial charge < -0.3 is 24.6 Å². The van der Waals surface area contributed by atoms with Crippen molar-refractivity contribution >= 4 is 12.1 Å². The zero-order chi connectivity index (χ0) is 17.3. The maximum absolute atomic E-state index is 12.2. The molecule has 0 aliphatic carbocycles. The number of rotatable bonds is 2. The number of amides is 1. The van der Waals surface area contributed by atoms with E-state index in [-0.39, 0.29) is 25.9 Å². The molecule has 7 nitrogen and oxygen atoms in total. The first-order valence-corrected chi connectivity index (χ1v) is 8.11. The van der Waals surface area contributed by atoms with Gasteiger partial charge in [-0.05, 0) is 40.0 Å². The molecule has 2 atom stereocenters. The molecule has 0 saturated carbocycles. The monoisotopic (exact) mass is 329 g/mol. The van der Waals surface area contributed by atoms with Crippen LogP contribution >= 0.6 is 0 Å². The third kappa shape index (κ3) is 3.61. The molecule has 2 heterocycles. The highest BCUT2D eigenvalue weighted by Gasteiger charge is 2.60. The van der Waals surface area contributed by atoms with Gasteiger partial charge in [-0.25, -0.2) is 4.79 Å². The molecule has 0 aromatic rings. The maximum atomic E-state index is 12.2. The van der Waals surface area contributed by atoms with Crippen LogP contribution in [0.3, 0.4) is 0 Å². The lowest BCUT2D eigenvalue weighted by Crippen LogP contribution is -2.55. The van der Waals surface area contributed by atoms with Gasteiger partial charge in [-0.1, -0.05) is 0 Å². The van der Waals surface area contributed by atoms with E-state index in [9.17, 15) is 19.8 Å². The van der Waals surface area contributed by atoms with E-state index >= 15 is 0 Å². The summed E-state index contributed by atoms with van der Waals surface area (Å²) >= 11 is 0. The van der Waals surface area contributed by atoms with Gasteiger partial charge in [-0.15, -0.1) is 0 Å². The Hall–Kier alpha value is -1.34. The van der Waals surface area contributed by atoms with Crippen LogP contribution in [0.15, 0.2) is 0 Å². The first-order valence-electron chi connectivity index (χ1n) is 8.11. The molecule has 2 aliphatic rings. The summed E-state index contributed by atoms with van der Waals surface area (Å²) < 4.78 is 10.7. The number of carboxylic acids is 1. The van der Waals surface area contributed by atoms with E-state index in [1.54, 1.807) is 20.8 Å². The Balaban J connectivity index is 2.20. The molecule has 2 unspecified atom stereocenters. The fourth-order valence-electron chi connectivity index (χ4n) is 3.46. The van der Waals surface area contributed by atoms with Gasteiger partial charge in [0.15, 0.2) is 0 Å². The van der Waals surface area contributed by atoms with E-state index in [4.69, 9.17) is 9.47 Å². The van der Waals surface area contributed by atoms with E-state index < -0.39 is 28.7 Å². The summed E-state index contributed by atoms with van der Waals surface area (Å²) in [4.78, 5) is 25.6. The van der Waals surface area contributed by atoms with E-state index in [2.05, 4.69) is 0 Å². The molecule has 0 radical (unpaired) electrons. The summed E-state index contributed by atoms with van der Waals surface area (Å²) in [5.74, 6) is -1.06. The summed E-state index contributed by atoms with van der Waals surface area (Å²) in [6.45, 7) is 6.38. The van der Waals surface area contributed by atoms with Crippen LogP contribution in [0.5, 0.6) is 0 Å². The van der Waals surface area contributed by atoms with Gasteiger partial charge in [0, 0.05) is 32.7 Å². The van der Waals surface area contributed by atoms with Crippen LogP contribution in [0.2, 0.25) is 0 Å². The van der Waals surface area contributed by atoms with Crippen LogP contribution in [-0.2, 0) is 14.3 Å². The third-order valence-corrected chi connectivity index (χ3v) is 4.76. The van der Waals surface area contributed by atoms with E-state index in [0.717, 1.165) is 0 Å². The van der Waals surface area contributed by atoms with Gasteiger partial charge in [0.05, 0.1) is 5.60 Å². The lowest BCUT2D eigenvalue weighted by Gasteiger charge is -2.41. The quantitative estimate of drug-likeness (QED) is 0.799. The fraction of sp³-hybridized carbons (Fsp3) is 0.875. The number of aliphatic carboxylic acids is 1. The SMILES string of the molecule is CC(C)(C)OC(=O)N1CCC(C(=O)O)(C2(O)CCCOCC2)C1. The molecular formula is C16H27NO6. The number of carbonyl (C=O) groups is 2. The number of nitrogens with zero attached hydrogens (tertiary/aromatic N) is 1. The van der Waals surface area contributed by atoms with E-state index in [0.29, 0.717) is 26.1 Å². The Morgan fingerprint density at radius 1 is 1.17 bits per heavy atom. The zero-order valence-corrected chi connectivity index (χ0v) is 14.1. The lowest BCUT2D eigenvalue weighted by atomic mass is 9.67. The summed E-state index contributed by atoms with van der Waals surface area (Å²) in [5, 5.41) is 20.9. The highest BCUT2D eigenvalue weighted by Crippen LogP contribution is 2.46. The standard InChI is InChI=1S/C16H27NO6/c1-14(2,3)23-13(20)17-8-6-15(11-17,12(18)19)16(21)5-4-9-22-10-7-16/h21H,4-11H2,1-3H3,(H,18,19). The smallest absolute Gasteiger partial charge is 0.410 e. The minimum Gasteiger partial charge on any atom is -0.481 e. The molecule has 132 valence electrons. The number of hydrogen-bond donors (Lipinski definition) is 2. The minimum absolute atomic E-state index is 0.0340. The molecule has 2 rings (SSSR count). The molecular weight excluding hydrogens is 302 g/mol. The Bertz CT molecular complexity index is 464. The Morgan fingerprint density at radius 3 is 2.48 bits per heavy atom. The molecule has 0 bridgehead atoms. The lowest BCUT2D eigenvalue weighted by molar-refractivity contribution is -0.170. The molecule has 0 aromatic carbocycles. The third-order valence-electron chi connectivity index (χ3n) is 4.76. The Morgan fingerprint density at radius 2 is 1.87 bits per heavy atom. The van der Waals surface area contributed by atoms with Gasteiger partial charge >= 0.3 is 12.1 Å². The molecule has 0 aromatic heterocycles. The Labute approximate surface area is 136 Å². The zero-order valence-electron chi connectivity index (χ0n) is 14.1. The molecule has 2 aliphatic heterocycles. The van der Waals surface area contributed by atoms with Crippen molar-refractivity contribution in [3.05, 3.63) is 0 Å². The number of carboxylic acid groups (broad SMARTS) is 1. The predicted octanol–water partition coefficient (Wildman–Crippen LogP) is 1.63. The van der Waals surface area contributed by atoms with E-state index in [1.807, 2.05) is 0 Å². The minimum atomic E-state index is -1.37. The topological polar surface area (TPSA) is 96.3 Å². The van der Waals surface area contributed by atoms with Gasteiger partial charge in [0.1, 0.15) is 11.0 Å². The highest BCUT2D eigenvalue weighted by atomic mass is 16.6. The molecule has 2 N–H and O–H groups in total. The second-order valence-corrected chi connectivity index (χ2v) is 7.54. The van der Waals surface area contributed by atoms with Crippen molar-refractivity contribution in [1.82, 2.24) is 4.90 Å². The second-order valence-electron chi connectivity index (χ2n) is 7.54. The van der Waals surface area contributed by atoms with Gasteiger partial charge in [0.2, 0.25) is 0 Å². The predicted molar refractivity (Wildman–Crippen MR) is 82.1 cm³/mol. The van der Waals surface area contributed by atoms with Crippen molar-refractivity contribution in [2.24, 2.45) is 5.41 Å². The Kier molecular flexibility index (Phi) is 4.92. The molecule has 2 fully saturated rings. The van der Waals surface area contributed by atoms with Gasteiger partial charge in [-0.3, -0.25) is 4.79 Å². The van der Waals surface area contributed by atoms with Crippen LogP contribution in [-0.4, -0.2) is 64.7 Å². The van der Waals surface area contributed by atoms with Crippen LogP contribution in [0.1, 0.15) is 46.5 Å². The van der Waals surface area contributed by atoms with Crippen LogP contribution in [0.4, 0.5) is 4.79 Å². The largest absolute Gasteiger partial charge is 0.481 e. The summed E-state index contributed by atoms with van der Waals surface area (Å²) in [6, 6.07) is 0. The first-order chi connectivity index (χ1) is 10.6. The van der Waals surface area contributed by atoms with E-state index in [1.165, 1.54) is 4.90 Å². The van der Waals surface area contributed by atoms with Crippen molar-refractivity contribution < 1.29 is 29.3 Å². The van der Waals surface area contributed by atoms with Crippen LogP contribution in [0, 0.1) is 5.41 Å². The van der Waals surface area contributed by atoms with Crippen molar-refractivity contribution in [1.29, 1.82) is 0 Å². The van der Waals surface area contributed by atoms with Crippen molar-refractivity contribution in [2.45, 2.75) is 57.7 Å². The summed E-state index contributed by atoms with van der Waals surface area (Å²) in [5.41, 5.74) is -3.37. The van der Waals surface area contributed by atoms with Gasteiger partial charge in [-0.2, -0.15) is 0 Å². The number of ether oxygens (including phenoxy) is 2. The molecule has 7 heteroatoms. The van der Waals surface area contributed by atoms with Crippen molar-refractivity contribution in [3.8, 4) is 0 Å². The second kappa shape index (κ2) is 6.28. The van der Waals surface area contributed by atoms with Crippen molar-refractivity contribution in [3.63, 3.8) is 0 Å². The first kappa shape index (κ1) is 18.0. The molecule has 23 heavy (non-hydrogen) atoms. The number of carbonyl (C=O) groups excluding carboxylic acids is 1. The molecule has 1 amide bonds. The maximum Gasteiger partial charge on any atom is 0.410 e. The van der Waals surface area contributed by atoms with Gasteiger partial charge in [0.25, 0.3) is 0 Å². The van der Waals surface area contributed by atoms with Crippen LogP contribution < -0.4 is 0 Å². The summed E-state index contributed by atoms with van der Waals surface area (Å²) in [6.07, 6.45) is 0.924. The highest BCUT2D eigenvalue weighted by molar-refractivity contribution is 5.79. The fourth-order valence-corrected chi connectivity index (χ4v) is 3.46. The number of aliphatic hydroxyl groups is 1. The molecule has 2 saturated heterocycles. The summed E-state index contributed by atoms with van der Waals surface area (Å²) in [7, 11) is 0. The average molecular weight is 329 g/mol. The van der Waals surface area contributed by atoms with Crippen molar-refractivity contribution in [2.75, 3.05) is 26.3 Å². The molecule has 0 spiro atoms. The number of hydrogen-bond acceptors (Lipinski definition) is 5. The number of likely N-dealkylation sites (tertiary alicyclic amines) is 1. The van der Waals surface area contributed by atoms with Crippen LogP contribution in [0.25, 0.3) is 0 Å². The average Bonchev–Trinajstić information content (AvgIpc) is 2.77.